The van der Waals surface area contributed by atoms with Crippen LogP contribution < -0.4 is 15.5 Å². The highest BCUT2D eigenvalue weighted by molar-refractivity contribution is 6.05. The topological polar surface area (TPSA) is 79.8 Å². The Kier molecular flexibility index (Phi) is 6.89. The standard InChI is InChI=1S/C23H20FN3O3/c1-2-30-19-12-10-16(11-13-19)15-25-27-22(28)17-6-5-7-18(14-17)26-23(29)20-8-3-4-9-21(20)24/h3-15H,2H2,1H3,(H,26,29)(H,27,28)/b25-15+. The fourth-order valence-electron chi connectivity index (χ4n) is 2.63. The number of hydrogen-bond donors (Lipinski definition) is 2. The smallest absolute Gasteiger partial charge is 0.271 e. The minimum absolute atomic E-state index is 0.0766. The highest BCUT2D eigenvalue weighted by Gasteiger charge is 2.12. The third kappa shape index (κ3) is 5.51. The van der Waals surface area contributed by atoms with Crippen LogP contribution in [0.2, 0.25) is 0 Å². The number of benzene rings is 3. The lowest BCUT2D eigenvalue weighted by molar-refractivity contribution is 0.0953. The van der Waals surface area contributed by atoms with Crippen molar-refractivity contribution in [1.29, 1.82) is 0 Å². The fourth-order valence-corrected chi connectivity index (χ4v) is 2.63. The van der Waals surface area contributed by atoms with Crippen molar-refractivity contribution in [3.05, 3.63) is 95.3 Å². The molecule has 0 unspecified atom stereocenters. The Bertz CT molecular complexity index is 1070. The summed E-state index contributed by atoms with van der Waals surface area (Å²) < 4.78 is 19.1. The summed E-state index contributed by atoms with van der Waals surface area (Å²) in [6.07, 6.45) is 1.51. The number of carbonyl (C=O) groups is 2. The van der Waals surface area contributed by atoms with Crippen molar-refractivity contribution in [3.63, 3.8) is 0 Å². The summed E-state index contributed by atoms with van der Waals surface area (Å²) in [7, 11) is 0. The fraction of sp³-hybridized carbons (Fsp3) is 0.0870. The molecule has 2 N–H and O–H groups in total. The van der Waals surface area contributed by atoms with Gasteiger partial charge in [0.25, 0.3) is 11.8 Å². The average molecular weight is 405 g/mol. The number of rotatable bonds is 7. The summed E-state index contributed by atoms with van der Waals surface area (Å²) in [6.45, 7) is 2.49. The second kappa shape index (κ2) is 9.97. The predicted octanol–water partition coefficient (Wildman–Crippen LogP) is 4.24. The molecule has 7 heteroatoms. The maximum atomic E-state index is 13.7. The SMILES string of the molecule is CCOc1ccc(/C=N/NC(=O)c2cccc(NC(=O)c3ccccc3F)c2)cc1. The Balaban J connectivity index is 1.61. The molecule has 0 aliphatic rings. The molecule has 0 bridgehead atoms. The molecule has 2 amide bonds. The van der Waals surface area contributed by atoms with Crippen LogP contribution >= 0.6 is 0 Å². The van der Waals surface area contributed by atoms with E-state index in [9.17, 15) is 14.0 Å². The van der Waals surface area contributed by atoms with Gasteiger partial charge in [-0.05, 0) is 67.1 Å². The Morgan fingerprint density at radius 3 is 2.50 bits per heavy atom. The number of nitrogens with zero attached hydrogens (tertiary/aromatic N) is 1. The van der Waals surface area contributed by atoms with Crippen molar-refractivity contribution < 1.29 is 18.7 Å². The van der Waals surface area contributed by atoms with Crippen molar-refractivity contribution in [2.24, 2.45) is 5.10 Å². The van der Waals surface area contributed by atoms with E-state index in [1.165, 1.54) is 30.5 Å². The van der Waals surface area contributed by atoms with Crippen LogP contribution in [0.25, 0.3) is 0 Å². The van der Waals surface area contributed by atoms with Crippen LogP contribution in [0, 0.1) is 5.82 Å². The van der Waals surface area contributed by atoms with E-state index in [1.807, 2.05) is 31.2 Å². The van der Waals surface area contributed by atoms with Gasteiger partial charge in [-0.1, -0.05) is 18.2 Å². The monoisotopic (exact) mass is 405 g/mol. The third-order valence-electron chi connectivity index (χ3n) is 4.07. The molecule has 0 aromatic heterocycles. The maximum absolute atomic E-state index is 13.7. The zero-order valence-corrected chi connectivity index (χ0v) is 16.3. The average Bonchev–Trinajstić information content (AvgIpc) is 2.75. The lowest BCUT2D eigenvalue weighted by atomic mass is 10.1. The molecule has 3 rings (SSSR count). The highest BCUT2D eigenvalue weighted by Crippen LogP contribution is 2.14. The molecule has 0 fully saturated rings. The van der Waals surface area contributed by atoms with Crippen LogP contribution in [0.3, 0.4) is 0 Å². The van der Waals surface area contributed by atoms with Crippen LogP contribution in [0.15, 0.2) is 77.9 Å². The van der Waals surface area contributed by atoms with Crippen LogP contribution in [-0.4, -0.2) is 24.6 Å². The summed E-state index contributed by atoms with van der Waals surface area (Å²) in [6, 6.07) is 19.2. The molecule has 0 atom stereocenters. The lowest BCUT2D eigenvalue weighted by Gasteiger charge is -2.07. The van der Waals surface area contributed by atoms with Crippen molar-refractivity contribution in [2.45, 2.75) is 6.92 Å². The molecule has 0 aliphatic heterocycles. The summed E-state index contributed by atoms with van der Waals surface area (Å²) >= 11 is 0. The first-order valence-corrected chi connectivity index (χ1v) is 9.29. The van der Waals surface area contributed by atoms with Gasteiger partial charge in [0, 0.05) is 11.3 Å². The molecule has 0 heterocycles. The van der Waals surface area contributed by atoms with Gasteiger partial charge >= 0.3 is 0 Å². The van der Waals surface area contributed by atoms with Gasteiger partial charge in [0.1, 0.15) is 11.6 Å². The number of ether oxygens (including phenoxy) is 1. The summed E-state index contributed by atoms with van der Waals surface area (Å²) in [4.78, 5) is 24.5. The minimum atomic E-state index is -0.618. The van der Waals surface area contributed by atoms with E-state index < -0.39 is 17.6 Å². The van der Waals surface area contributed by atoms with Crippen molar-refractivity contribution in [2.75, 3.05) is 11.9 Å². The predicted molar refractivity (Wildman–Crippen MR) is 113 cm³/mol. The normalized spacial score (nSPS) is 10.6. The first-order valence-electron chi connectivity index (χ1n) is 9.29. The first-order chi connectivity index (χ1) is 14.6. The number of halogens is 1. The van der Waals surface area contributed by atoms with Gasteiger partial charge in [0.05, 0.1) is 18.4 Å². The molecule has 0 spiro atoms. The molecule has 152 valence electrons. The first kappa shape index (κ1) is 20.7. The Morgan fingerprint density at radius 1 is 1.00 bits per heavy atom. The molecule has 3 aromatic carbocycles. The maximum Gasteiger partial charge on any atom is 0.271 e. The Hall–Kier alpha value is -4.00. The van der Waals surface area contributed by atoms with Crippen LogP contribution in [-0.2, 0) is 0 Å². The number of nitrogens with one attached hydrogen (secondary N) is 2. The largest absolute Gasteiger partial charge is 0.494 e. The molecule has 0 aliphatic carbocycles. The van der Waals surface area contributed by atoms with Crippen LogP contribution in [0.5, 0.6) is 5.75 Å². The number of hydrogen-bond acceptors (Lipinski definition) is 4. The van der Waals surface area contributed by atoms with E-state index in [1.54, 1.807) is 24.3 Å². The third-order valence-corrected chi connectivity index (χ3v) is 4.07. The van der Waals surface area contributed by atoms with Gasteiger partial charge in [0.2, 0.25) is 0 Å². The molecule has 0 saturated carbocycles. The molecule has 6 nitrogen and oxygen atoms in total. The molecule has 30 heavy (non-hydrogen) atoms. The van der Waals surface area contributed by atoms with Gasteiger partial charge in [-0.3, -0.25) is 9.59 Å². The van der Waals surface area contributed by atoms with Crippen molar-refractivity contribution >= 4 is 23.7 Å². The van der Waals surface area contributed by atoms with Crippen molar-refractivity contribution in [3.8, 4) is 5.75 Å². The van der Waals surface area contributed by atoms with Crippen LogP contribution in [0.4, 0.5) is 10.1 Å². The summed E-state index contributed by atoms with van der Waals surface area (Å²) in [5.41, 5.74) is 3.82. The molecular formula is C23H20FN3O3. The van der Waals surface area contributed by atoms with Gasteiger partial charge < -0.3 is 10.1 Å². The van der Waals surface area contributed by atoms with Crippen LogP contribution in [0.1, 0.15) is 33.2 Å². The van der Waals surface area contributed by atoms with Gasteiger partial charge in [-0.25, -0.2) is 9.82 Å². The second-order valence-corrected chi connectivity index (χ2v) is 6.22. The summed E-state index contributed by atoms with van der Waals surface area (Å²) in [5.74, 6) is -0.904. The van der Waals surface area contributed by atoms with Gasteiger partial charge in [-0.2, -0.15) is 5.10 Å². The van der Waals surface area contributed by atoms with E-state index in [0.29, 0.717) is 17.9 Å². The minimum Gasteiger partial charge on any atom is -0.494 e. The second-order valence-electron chi connectivity index (χ2n) is 6.22. The number of amides is 2. The zero-order chi connectivity index (χ0) is 21.3. The van der Waals surface area contributed by atoms with Gasteiger partial charge in [0.15, 0.2) is 0 Å². The van der Waals surface area contributed by atoms with Crippen molar-refractivity contribution in [1.82, 2.24) is 5.43 Å². The zero-order valence-electron chi connectivity index (χ0n) is 16.3. The molecular weight excluding hydrogens is 385 g/mol. The Labute approximate surface area is 173 Å². The highest BCUT2D eigenvalue weighted by atomic mass is 19.1. The number of hydrazone groups is 1. The molecule has 0 saturated heterocycles. The molecule has 0 radical (unpaired) electrons. The Morgan fingerprint density at radius 2 is 1.77 bits per heavy atom. The van der Waals surface area contributed by atoms with E-state index in [0.717, 1.165) is 11.3 Å². The van der Waals surface area contributed by atoms with E-state index in [2.05, 4.69) is 15.8 Å². The number of anilines is 1. The lowest BCUT2D eigenvalue weighted by Crippen LogP contribution is -2.18. The summed E-state index contributed by atoms with van der Waals surface area (Å²) in [5, 5.41) is 6.52. The van der Waals surface area contributed by atoms with E-state index >= 15 is 0 Å². The molecule has 3 aromatic rings. The quantitative estimate of drug-likeness (QED) is 0.456. The van der Waals surface area contributed by atoms with E-state index in [-0.39, 0.29) is 5.56 Å². The number of carbonyl (C=O) groups excluding carboxylic acids is 2. The van der Waals surface area contributed by atoms with Gasteiger partial charge in [-0.15, -0.1) is 0 Å². The van der Waals surface area contributed by atoms with E-state index in [4.69, 9.17) is 4.74 Å².